The highest BCUT2D eigenvalue weighted by Crippen LogP contribution is 2.48. The third-order valence-electron chi connectivity index (χ3n) is 3.59. The molecule has 0 radical (unpaired) electrons. The Balaban J connectivity index is 1.73. The van der Waals surface area contributed by atoms with Crippen LogP contribution in [-0.4, -0.2) is 39.3 Å². The Hall–Kier alpha value is -1.53. The standard InChI is InChI=1S/C15H20F2N2O2/c1-21-8-7-18-5-6-19-15(20)12-9-11(12)10-3-2-4-13(16)14(10)17/h2-4,11-12,18H,5-9H2,1H3,(H,19,20). The van der Waals surface area contributed by atoms with Crippen LogP contribution in [0.2, 0.25) is 0 Å². The number of nitrogens with one attached hydrogen (secondary N) is 2. The average molecular weight is 298 g/mol. The molecule has 2 rings (SSSR count). The van der Waals surface area contributed by atoms with Gasteiger partial charge in [0, 0.05) is 32.7 Å². The summed E-state index contributed by atoms with van der Waals surface area (Å²) < 4.78 is 31.7. The number of methoxy groups -OCH3 is 1. The van der Waals surface area contributed by atoms with Crippen molar-refractivity contribution in [1.29, 1.82) is 0 Å². The van der Waals surface area contributed by atoms with Gasteiger partial charge >= 0.3 is 0 Å². The Kier molecular flexibility index (Phi) is 5.64. The van der Waals surface area contributed by atoms with Crippen molar-refractivity contribution in [3.8, 4) is 0 Å². The number of amides is 1. The molecule has 1 saturated carbocycles. The largest absolute Gasteiger partial charge is 0.383 e. The van der Waals surface area contributed by atoms with Gasteiger partial charge in [0.25, 0.3) is 0 Å². The second kappa shape index (κ2) is 7.47. The van der Waals surface area contributed by atoms with E-state index in [-0.39, 0.29) is 17.7 Å². The van der Waals surface area contributed by atoms with E-state index in [0.29, 0.717) is 31.7 Å². The second-order valence-electron chi connectivity index (χ2n) is 5.13. The number of hydrogen-bond donors (Lipinski definition) is 2. The van der Waals surface area contributed by atoms with Gasteiger partial charge < -0.3 is 15.4 Å². The van der Waals surface area contributed by atoms with E-state index in [1.165, 1.54) is 6.07 Å². The fourth-order valence-corrected chi connectivity index (χ4v) is 2.34. The van der Waals surface area contributed by atoms with Crippen LogP contribution >= 0.6 is 0 Å². The first-order valence-electron chi connectivity index (χ1n) is 7.06. The summed E-state index contributed by atoms with van der Waals surface area (Å²) in [5, 5.41) is 5.91. The van der Waals surface area contributed by atoms with E-state index in [4.69, 9.17) is 4.74 Å². The van der Waals surface area contributed by atoms with Crippen LogP contribution in [0.3, 0.4) is 0 Å². The third-order valence-corrected chi connectivity index (χ3v) is 3.59. The Bertz CT molecular complexity index is 497. The van der Waals surface area contributed by atoms with E-state index in [1.807, 2.05) is 0 Å². The minimum Gasteiger partial charge on any atom is -0.383 e. The number of carbonyl (C=O) groups excluding carboxylic acids is 1. The van der Waals surface area contributed by atoms with Crippen LogP contribution in [0.5, 0.6) is 0 Å². The van der Waals surface area contributed by atoms with Crippen LogP contribution in [0.15, 0.2) is 18.2 Å². The van der Waals surface area contributed by atoms with Crippen molar-refractivity contribution >= 4 is 5.91 Å². The van der Waals surface area contributed by atoms with Gasteiger partial charge in [-0.3, -0.25) is 4.79 Å². The van der Waals surface area contributed by atoms with E-state index >= 15 is 0 Å². The maximum absolute atomic E-state index is 13.6. The number of rotatable bonds is 8. The number of benzene rings is 1. The van der Waals surface area contributed by atoms with Crippen LogP contribution in [0.4, 0.5) is 8.78 Å². The van der Waals surface area contributed by atoms with Crippen LogP contribution in [0, 0.1) is 17.6 Å². The number of ether oxygens (including phenoxy) is 1. The van der Waals surface area contributed by atoms with Crippen molar-refractivity contribution < 1.29 is 18.3 Å². The second-order valence-corrected chi connectivity index (χ2v) is 5.13. The maximum Gasteiger partial charge on any atom is 0.223 e. The van der Waals surface area contributed by atoms with Crippen molar-refractivity contribution in [3.05, 3.63) is 35.4 Å². The van der Waals surface area contributed by atoms with Gasteiger partial charge in [0.05, 0.1) is 6.61 Å². The molecular formula is C15H20F2N2O2. The summed E-state index contributed by atoms with van der Waals surface area (Å²) in [5.74, 6) is -2.25. The van der Waals surface area contributed by atoms with Gasteiger partial charge in [-0.1, -0.05) is 12.1 Å². The van der Waals surface area contributed by atoms with Gasteiger partial charge in [-0.15, -0.1) is 0 Å². The van der Waals surface area contributed by atoms with E-state index in [0.717, 1.165) is 12.6 Å². The lowest BCUT2D eigenvalue weighted by molar-refractivity contribution is -0.122. The monoisotopic (exact) mass is 298 g/mol. The van der Waals surface area contributed by atoms with E-state index in [9.17, 15) is 13.6 Å². The van der Waals surface area contributed by atoms with Crippen molar-refractivity contribution in [2.24, 2.45) is 5.92 Å². The van der Waals surface area contributed by atoms with Crippen molar-refractivity contribution in [2.45, 2.75) is 12.3 Å². The molecule has 0 aliphatic heterocycles. The molecule has 1 amide bonds. The summed E-state index contributed by atoms with van der Waals surface area (Å²) in [4.78, 5) is 11.9. The molecule has 6 heteroatoms. The van der Waals surface area contributed by atoms with Crippen LogP contribution < -0.4 is 10.6 Å². The van der Waals surface area contributed by atoms with Gasteiger partial charge in [0.15, 0.2) is 11.6 Å². The Morgan fingerprint density at radius 1 is 1.33 bits per heavy atom. The predicted molar refractivity (Wildman–Crippen MR) is 75.0 cm³/mol. The fourth-order valence-electron chi connectivity index (χ4n) is 2.34. The number of carbonyl (C=O) groups is 1. The number of hydrogen-bond acceptors (Lipinski definition) is 3. The molecule has 1 aromatic carbocycles. The lowest BCUT2D eigenvalue weighted by atomic mass is 10.1. The van der Waals surface area contributed by atoms with E-state index in [2.05, 4.69) is 10.6 Å². The lowest BCUT2D eigenvalue weighted by Crippen LogP contribution is -2.34. The minimum absolute atomic E-state index is 0.0998. The van der Waals surface area contributed by atoms with Gasteiger partial charge in [-0.25, -0.2) is 8.78 Å². The highest BCUT2D eigenvalue weighted by molar-refractivity contribution is 5.82. The van der Waals surface area contributed by atoms with E-state index in [1.54, 1.807) is 13.2 Å². The van der Waals surface area contributed by atoms with Crippen LogP contribution in [0.25, 0.3) is 0 Å². The molecular weight excluding hydrogens is 278 g/mol. The zero-order chi connectivity index (χ0) is 15.2. The Morgan fingerprint density at radius 2 is 2.14 bits per heavy atom. The molecule has 2 atom stereocenters. The fraction of sp³-hybridized carbons (Fsp3) is 0.533. The molecule has 1 aliphatic carbocycles. The summed E-state index contributed by atoms with van der Waals surface area (Å²) in [5.41, 5.74) is 0.299. The third kappa shape index (κ3) is 4.22. The molecule has 2 N–H and O–H groups in total. The quantitative estimate of drug-likeness (QED) is 0.714. The summed E-state index contributed by atoms with van der Waals surface area (Å²) in [6.45, 7) is 2.52. The predicted octanol–water partition coefficient (Wildman–Crippen LogP) is 1.42. The van der Waals surface area contributed by atoms with Gasteiger partial charge in [0.2, 0.25) is 5.91 Å². The summed E-state index contributed by atoms with van der Waals surface area (Å²) >= 11 is 0. The maximum atomic E-state index is 13.6. The molecule has 21 heavy (non-hydrogen) atoms. The zero-order valence-corrected chi connectivity index (χ0v) is 12.0. The summed E-state index contributed by atoms with van der Waals surface area (Å²) in [6.07, 6.45) is 0.573. The zero-order valence-electron chi connectivity index (χ0n) is 12.0. The van der Waals surface area contributed by atoms with Crippen LogP contribution in [0.1, 0.15) is 17.9 Å². The highest BCUT2D eigenvalue weighted by Gasteiger charge is 2.45. The molecule has 0 spiro atoms. The van der Waals surface area contributed by atoms with Crippen molar-refractivity contribution in [3.63, 3.8) is 0 Å². The molecule has 1 aromatic rings. The Morgan fingerprint density at radius 3 is 2.90 bits per heavy atom. The van der Waals surface area contributed by atoms with Crippen molar-refractivity contribution in [2.75, 3.05) is 33.4 Å². The molecule has 116 valence electrons. The molecule has 0 bridgehead atoms. The molecule has 0 aromatic heterocycles. The first-order valence-corrected chi connectivity index (χ1v) is 7.06. The average Bonchev–Trinajstić information content (AvgIpc) is 3.26. The Labute approximate surface area is 122 Å². The molecule has 1 fully saturated rings. The molecule has 4 nitrogen and oxygen atoms in total. The SMILES string of the molecule is COCCNCCNC(=O)C1CC1c1cccc(F)c1F. The van der Waals surface area contributed by atoms with Gasteiger partial charge in [0.1, 0.15) is 0 Å². The normalized spacial score (nSPS) is 20.3. The minimum atomic E-state index is -0.860. The van der Waals surface area contributed by atoms with E-state index < -0.39 is 11.6 Å². The van der Waals surface area contributed by atoms with Crippen molar-refractivity contribution in [1.82, 2.24) is 10.6 Å². The molecule has 0 saturated heterocycles. The highest BCUT2D eigenvalue weighted by atomic mass is 19.2. The lowest BCUT2D eigenvalue weighted by Gasteiger charge is -2.07. The molecule has 2 unspecified atom stereocenters. The summed E-state index contributed by atoms with van der Waals surface area (Å²) in [7, 11) is 1.63. The summed E-state index contributed by atoms with van der Waals surface area (Å²) in [6, 6.07) is 4.10. The van der Waals surface area contributed by atoms with Gasteiger partial charge in [-0.2, -0.15) is 0 Å². The van der Waals surface area contributed by atoms with Crippen LogP contribution in [-0.2, 0) is 9.53 Å². The first kappa shape index (κ1) is 15.9. The first-order chi connectivity index (χ1) is 10.1. The molecule has 0 heterocycles. The smallest absolute Gasteiger partial charge is 0.223 e. The van der Waals surface area contributed by atoms with Gasteiger partial charge in [-0.05, 0) is 24.0 Å². The topological polar surface area (TPSA) is 50.4 Å². The number of halogens is 2. The molecule has 1 aliphatic rings.